The highest BCUT2D eigenvalue weighted by Crippen LogP contribution is 2.62. The second kappa shape index (κ2) is 21.0. The number of aliphatic hydroxyl groups is 2. The van der Waals surface area contributed by atoms with Gasteiger partial charge < -0.3 is 34.2 Å². The van der Waals surface area contributed by atoms with Gasteiger partial charge in [-0.05, 0) is 101 Å². The SMILES string of the molecule is C=CCO[C@@]12Oc3ccc(OCCN4CC4)cc3[C@H]3[C@H](CCCCO)[C@@H](CCCCO)C=C(C(=NOC)C[C@@H]1N(Cc1cccc4ccccc14)C(=O)C=Cc1ccc([N+](=O)[O-])cc1)[C@H]32. The van der Waals surface area contributed by atoms with Crippen LogP contribution in [0.3, 0.4) is 0 Å². The van der Waals surface area contributed by atoms with Crippen LogP contribution in [-0.4, -0.2) is 102 Å². The molecule has 1 saturated heterocycles. The average molecular weight is 885 g/mol. The van der Waals surface area contributed by atoms with Crippen molar-refractivity contribution in [3.05, 3.63) is 142 Å². The maximum absolute atomic E-state index is 15.3. The topological polar surface area (TPSA) is 156 Å². The summed E-state index contributed by atoms with van der Waals surface area (Å²) in [6.07, 6.45) is 12.1. The van der Waals surface area contributed by atoms with E-state index in [1.54, 1.807) is 24.3 Å². The molecule has 2 aliphatic heterocycles. The zero-order valence-corrected chi connectivity index (χ0v) is 37.1. The van der Waals surface area contributed by atoms with Gasteiger partial charge in [0.15, 0.2) is 0 Å². The van der Waals surface area contributed by atoms with E-state index in [2.05, 4.69) is 41.8 Å². The molecule has 13 heteroatoms. The van der Waals surface area contributed by atoms with E-state index in [4.69, 9.17) is 24.2 Å². The van der Waals surface area contributed by atoms with Gasteiger partial charge in [-0.25, -0.2) is 0 Å². The van der Waals surface area contributed by atoms with Crippen molar-refractivity contribution in [3.63, 3.8) is 0 Å². The van der Waals surface area contributed by atoms with Crippen LogP contribution in [0.2, 0.25) is 0 Å². The first-order valence-electron chi connectivity index (χ1n) is 22.9. The van der Waals surface area contributed by atoms with Crippen LogP contribution in [0.25, 0.3) is 16.8 Å². The molecule has 65 heavy (non-hydrogen) atoms. The number of hydrogen-bond acceptors (Lipinski definition) is 11. The summed E-state index contributed by atoms with van der Waals surface area (Å²) in [5.41, 5.74) is 4.15. The molecule has 2 heterocycles. The fourth-order valence-corrected chi connectivity index (χ4v) is 10.4. The fraction of sp³-hybridized carbons (Fsp3) is 0.423. The molecule has 2 fully saturated rings. The Morgan fingerprint density at radius 3 is 2.52 bits per heavy atom. The van der Waals surface area contributed by atoms with Gasteiger partial charge in [-0.1, -0.05) is 72.6 Å². The monoisotopic (exact) mass is 884 g/mol. The maximum atomic E-state index is 15.3. The number of benzene rings is 4. The van der Waals surface area contributed by atoms with Crippen LogP contribution in [0.15, 0.2) is 120 Å². The Kier molecular flexibility index (Phi) is 14.7. The predicted octanol–water partition coefficient (Wildman–Crippen LogP) is 8.45. The van der Waals surface area contributed by atoms with Crippen molar-refractivity contribution in [2.24, 2.45) is 22.9 Å². The summed E-state index contributed by atoms with van der Waals surface area (Å²) < 4.78 is 21.0. The molecule has 0 aromatic heterocycles. The number of nitro benzene ring substituents is 1. The van der Waals surface area contributed by atoms with Crippen LogP contribution in [0.1, 0.15) is 67.6 Å². The maximum Gasteiger partial charge on any atom is 0.269 e. The number of nitrogens with zero attached hydrogens (tertiary/aromatic N) is 4. The summed E-state index contributed by atoms with van der Waals surface area (Å²) in [7, 11) is 1.54. The molecule has 0 unspecified atom stereocenters. The summed E-state index contributed by atoms with van der Waals surface area (Å²) in [6, 6.07) is 25.5. The third-order valence-electron chi connectivity index (χ3n) is 13.5. The Morgan fingerprint density at radius 2 is 1.78 bits per heavy atom. The molecule has 2 N–H and O–H groups in total. The molecule has 6 atom stereocenters. The predicted molar refractivity (Wildman–Crippen MR) is 251 cm³/mol. The van der Waals surface area contributed by atoms with E-state index in [1.165, 1.54) is 25.3 Å². The van der Waals surface area contributed by atoms with Gasteiger partial charge in [0.05, 0.1) is 23.2 Å². The minimum atomic E-state index is -1.46. The van der Waals surface area contributed by atoms with Gasteiger partial charge in [-0.2, -0.15) is 0 Å². The molecule has 0 radical (unpaired) electrons. The number of carbonyl (C=O) groups is 1. The first-order chi connectivity index (χ1) is 31.8. The molecular formula is C52H60N4O9. The molecule has 4 aromatic rings. The van der Waals surface area contributed by atoms with Crippen LogP contribution in [0.4, 0.5) is 5.69 Å². The number of hydrogen-bond donors (Lipinski definition) is 2. The number of oxime groups is 1. The molecule has 4 aromatic carbocycles. The van der Waals surface area contributed by atoms with Crippen molar-refractivity contribution in [2.45, 2.75) is 69.2 Å². The van der Waals surface area contributed by atoms with Gasteiger partial charge >= 0.3 is 0 Å². The standard InChI is InChI=1S/C52H60N4O9/c1-3-30-64-52-48(55(35-39-14-10-13-37-11-4-5-15-42(37)39)49(59)24-19-36-17-20-40(21-18-36)56(60)61)34-46(53-62-2)44-32-38(12-6-8-28-57)43(16-7-9-29-58)50(51(44)52)45-33-41(22-23-47(45)65-52)63-31-27-54-25-26-54/h3-5,10-11,13-15,17-24,32-33,38,43,48,50-51,57-58H,1,6-9,12,16,25-31,34-35H2,2H3/t38-,43+,48-,50+,51+,52+/m0/s1. The van der Waals surface area contributed by atoms with Crippen LogP contribution in [0.5, 0.6) is 11.5 Å². The van der Waals surface area contributed by atoms with Crippen molar-refractivity contribution in [3.8, 4) is 11.5 Å². The van der Waals surface area contributed by atoms with Crippen molar-refractivity contribution >= 4 is 34.2 Å². The van der Waals surface area contributed by atoms with Gasteiger partial charge in [0.25, 0.3) is 5.69 Å². The lowest BCUT2D eigenvalue weighted by atomic mass is 9.55. The molecular weight excluding hydrogens is 825 g/mol. The smallest absolute Gasteiger partial charge is 0.269 e. The zero-order chi connectivity index (χ0) is 45.3. The third-order valence-corrected chi connectivity index (χ3v) is 13.5. The molecule has 4 aliphatic rings. The molecule has 0 spiro atoms. The van der Waals surface area contributed by atoms with E-state index in [-0.39, 0.29) is 62.1 Å². The molecule has 0 bridgehead atoms. The summed E-state index contributed by atoms with van der Waals surface area (Å²) in [5, 5.41) is 38.1. The average Bonchev–Trinajstić information content (AvgIpc) is 4.16. The summed E-state index contributed by atoms with van der Waals surface area (Å²) in [6.45, 7) is 8.14. The van der Waals surface area contributed by atoms with Crippen LogP contribution in [-0.2, 0) is 20.9 Å². The summed E-state index contributed by atoms with van der Waals surface area (Å²) >= 11 is 0. The molecule has 2 aliphatic carbocycles. The fourth-order valence-electron chi connectivity index (χ4n) is 10.4. The number of rotatable bonds is 22. The number of non-ortho nitro benzene ring substituents is 1. The van der Waals surface area contributed by atoms with Gasteiger partial charge in [0, 0.05) is 75.5 Å². The molecule has 13 nitrogen and oxygen atoms in total. The van der Waals surface area contributed by atoms with E-state index in [0.717, 1.165) is 78.5 Å². The van der Waals surface area contributed by atoms with E-state index in [0.29, 0.717) is 36.5 Å². The van der Waals surface area contributed by atoms with Gasteiger partial charge in [0.1, 0.15) is 31.3 Å². The first-order valence-corrected chi connectivity index (χ1v) is 22.9. The second-order valence-electron chi connectivity index (χ2n) is 17.4. The van der Waals surface area contributed by atoms with E-state index < -0.39 is 22.7 Å². The zero-order valence-electron chi connectivity index (χ0n) is 37.1. The Hall–Kier alpha value is -5.86. The minimum Gasteiger partial charge on any atom is -0.492 e. The molecule has 8 rings (SSSR count). The number of fused-ring (bicyclic) bond motifs is 3. The number of unbranched alkanes of at least 4 members (excludes halogenated alkanes) is 2. The van der Waals surface area contributed by atoms with Crippen molar-refractivity contribution < 1.29 is 39.0 Å². The normalized spacial score (nSPS) is 23.9. The highest BCUT2D eigenvalue weighted by atomic mass is 16.7. The highest BCUT2D eigenvalue weighted by molar-refractivity contribution is 6.03. The lowest BCUT2D eigenvalue weighted by molar-refractivity contribution is -0.384. The quantitative estimate of drug-likeness (QED) is 0.0196. The van der Waals surface area contributed by atoms with E-state index in [9.17, 15) is 20.3 Å². The van der Waals surface area contributed by atoms with Crippen LogP contribution >= 0.6 is 0 Å². The highest BCUT2D eigenvalue weighted by Gasteiger charge is 2.65. The largest absolute Gasteiger partial charge is 0.492 e. The van der Waals surface area contributed by atoms with E-state index in [1.807, 2.05) is 41.3 Å². The summed E-state index contributed by atoms with van der Waals surface area (Å²) in [5.74, 6) is -0.919. The lowest BCUT2D eigenvalue weighted by Crippen LogP contribution is -2.70. The number of amides is 1. The van der Waals surface area contributed by atoms with Gasteiger partial charge in [-0.3, -0.25) is 19.8 Å². The van der Waals surface area contributed by atoms with Crippen LogP contribution in [0, 0.1) is 27.9 Å². The number of carbonyl (C=O) groups excluding carboxylic acids is 1. The van der Waals surface area contributed by atoms with E-state index >= 15 is 4.79 Å². The van der Waals surface area contributed by atoms with Crippen molar-refractivity contribution in [2.75, 3.05) is 53.2 Å². The summed E-state index contributed by atoms with van der Waals surface area (Å²) in [4.78, 5) is 36.1. The third kappa shape index (κ3) is 10.0. The second-order valence-corrected chi connectivity index (χ2v) is 17.4. The number of aliphatic hydroxyl groups excluding tert-OH is 2. The number of ether oxygens (including phenoxy) is 3. The minimum absolute atomic E-state index is 0.0413. The Bertz CT molecular complexity index is 2410. The Balaban J connectivity index is 1.31. The molecule has 1 saturated carbocycles. The first kappa shape index (κ1) is 45.7. The molecule has 342 valence electrons. The van der Waals surface area contributed by atoms with Crippen LogP contribution < -0.4 is 9.47 Å². The Morgan fingerprint density at radius 1 is 1.02 bits per heavy atom. The van der Waals surface area contributed by atoms with Crippen molar-refractivity contribution in [1.29, 1.82) is 0 Å². The van der Waals surface area contributed by atoms with Crippen molar-refractivity contribution in [1.82, 2.24) is 9.80 Å². The number of allylic oxidation sites excluding steroid dienone is 1. The number of nitro groups is 1. The van der Waals surface area contributed by atoms with Gasteiger partial charge in [-0.15, -0.1) is 6.58 Å². The Labute approximate surface area is 380 Å². The van der Waals surface area contributed by atoms with Gasteiger partial charge in [0.2, 0.25) is 11.7 Å². The molecule has 1 amide bonds. The lowest BCUT2D eigenvalue weighted by Gasteiger charge is -2.60.